The summed E-state index contributed by atoms with van der Waals surface area (Å²) in [6.45, 7) is 7.67. The van der Waals surface area contributed by atoms with E-state index in [2.05, 4.69) is 104 Å². The van der Waals surface area contributed by atoms with Crippen molar-refractivity contribution in [3.05, 3.63) is 111 Å². The minimum absolute atomic E-state index is 0. The minimum atomic E-state index is -0.613. The zero-order valence-electron chi connectivity index (χ0n) is 18.4. The van der Waals surface area contributed by atoms with Gasteiger partial charge in [0.2, 0.25) is 0 Å². The van der Waals surface area contributed by atoms with E-state index in [1.165, 1.54) is 22.9 Å². The van der Waals surface area contributed by atoms with Gasteiger partial charge in [-0.1, -0.05) is 54.7 Å². The van der Waals surface area contributed by atoms with Gasteiger partial charge in [0, 0.05) is 18.6 Å². The van der Waals surface area contributed by atoms with Crippen molar-refractivity contribution < 1.29 is 34.1 Å². The number of aromatic nitrogens is 4. The Hall–Kier alpha value is -0.811. The van der Waals surface area contributed by atoms with Crippen LogP contribution in [0, 0.1) is 13.8 Å². The Morgan fingerprint density at radius 3 is 1.39 bits per heavy atom. The summed E-state index contributed by atoms with van der Waals surface area (Å²) in [5.41, 5.74) is 0. The summed E-state index contributed by atoms with van der Waals surface area (Å²) in [5.74, 6) is 0. The fourth-order valence-electron chi connectivity index (χ4n) is 2.40. The SMILES string of the molecule is [CH2-]CCPP.[CH2-]CC[PH+](c1ccccc1)c1ccccc1.[Cu+2].[Cu+2].c1cn[n-]c1.c1cn[n-]c1. The van der Waals surface area contributed by atoms with E-state index in [1.54, 1.807) is 36.9 Å². The van der Waals surface area contributed by atoms with E-state index in [4.69, 9.17) is 0 Å². The molecule has 0 N–H and O–H groups in total. The van der Waals surface area contributed by atoms with E-state index in [0.29, 0.717) is 0 Å². The molecule has 2 atom stereocenters. The molecule has 33 heavy (non-hydrogen) atoms. The number of benzene rings is 2. The van der Waals surface area contributed by atoms with Gasteiger partial charge in [0.05, 0.1) is 18.5 Å². The van der Waals surface area contributed by atoms with Crippen LogP contribution in [0.25, 0.3) is 0 Å². The normalized spacial score (nSPS) is 9.21. The maximum Gasteiger partial charge on any atom is 2.00 e. The summed E-state index contributed by atoms with van der Waals surface area (Å²) < 4.78 is 0. The zero-order valence-corrected chi connectivity index (χ0v) is 23.5. The smallest absolute Gasteiger partial charge is 0.582 e. The third-order valence-corrected chi connectivity index (χ3v) is 8.16. The fraction of sp³-hybridized carbons (Fsp3) is 0.167. The van der Waals surface area contributed by atoms with E-state index in [1.807, 2.05) is 0 Å². The molecule has 9 heteroatoms. The summed E-state index contributed by atoms with van der Waals surface area (Å²) >= 11 is 0. The van der Waals surface area contributed by atoms with Crippen molar-refractivity contribution in [2.75, 3.05) is 12.3 Å². The number of hydrogen-bond donors (Lipinski definition) is 0. The van der Waals surface area contributed by atoms with Crippen LogP contribution in [-0.2, 0) is 34.1 Å². The Bertz CT molecular complexity index is 719. The third kappa shape index (κ3) is 18.2. The molecule has 0 spiro atoms. The van der Waals surface area contributed by atoms with Gasteiger partial charge < -0.3 is 34.2 Å². The molecular weight excluding hydrogens is 564 g/mol. The molecule has 4 nitrogen and oxygen atoms in total. The molecule has 0 aliphatic rings. The van der Waals surface area contributed by atoms with Gasteiger partial charge >= 0.3 is 34.1 Å². The van der Waals surface area contributed by atoms with E-state index >= 15 is 0 Å². The van der Waals surface area contributed by atoms with Gasteiger partial charge in [-0.2, -0.15) is 18.8 Å². The maximum atomic E-state index is 4.00. The molecule has 2 unspecified atom stereocenters. The van der Waals surface area contributed by atoms with Crippen LogP contribution in [0.4, 0.5) is 0 Å². The van der Waals surface area contributed by atoms with E-state index in [-0.39, 0.29) is 34.1 Å². The summed E-state index contributed by atoms with van der Waals surface area (Å²) in [7, 11) is 3.09. The molecule has 2 aromatic heterocycles. The van der Waals surface area contributed by atoms with Gasteiger partial charge in [0.15, 0.2) is 0 Å². The summed E-state index contributed by atoms with van der Waals surface area (Å²) in [6, 6.07) is 25.2. The molecule has 0 fully saturated rings. The average Bonchev–Trinajstić information content (AvgIpc) is 3.59. The Balaban J connectivity index is 0. The van der Waals surface area contributed by atoms with E-state index < -0.39 is 7.92 Å². The average molecular weight is 597 g/mol. The second-order valence-corrected chi connectivity index (χ2v) is 10.8. The molecule has 4 rings (SSSR count). The van der Waals surface area contributed by atoms with Crippen LogP contribution < -0.4 is 20.8 Å². The molecule has 2 radical (unpaired) electrons. The van der Waals surface area contributed by atoms with Crippen LogP contribution in [0.3, 0.4) is 0 Å². The van der Waals surface area contributed by atoms with E-state index in [9.17, 15) is 0 Å². The first kappa shape index (κ1) is 34.4. The molecular formula is C24H32Cu2N4P3+. The van der Waals surface area contributed by atoms with Crippen molar-refractivity contribution in [1.29, 1.82) is 0 Å². The van der Waals surface area contributed by atoms with Crippen molar-refractivity contribution in [2.45, 2.75) is 12.8 Å². The van der Waals surface area contributed by atoms with Crippen LogP contribution in [0.2, 0.25) is 0 Å². The minimum Gasteiger partial charge on any atom is -0.582 e. The summed E-state index contributed by atoms with van der Waals surface area (Å²) in [4.78, 5) is 0. The molecule has 0 bridgehead atoms. The Labute approximate surface area is 225 Å². The standard InChI is InChI=1S/C15H16P.2C3H3N2.C3H9P2.2Cu/c1-2-13-16(14-9-5-3-6-10-14)15-11-7-4-8-12-15;2*1-2-4-5-3-1;1-2-3-5-4;;/h3-12H,1-2,13H2;2*1-3H;5H,1-4H2;;/q4*-1;2*+2/p+1. The van der Waals surface area contributed by atoms with Crippen molar-refractivity contribution in [1.82, 2.24) is 20.4 Å². The van der Waals surface area contributed by atoms with Crippen molar-refractivity contribution in [3.8, 4) is 0 Å². The third-order valence-electron chi connectivity index (χ3n) is 3.74. The summed E-state index contributed by atoms with van der Waals surface area (Å²) in [5, 5.41) is 16.9. The van der Waals surface area contributed by atoms with Crippen LogP contribution in [0.15, 0.2) is 97.6 Å². The molecule has 0 aliphatic carbocycles. The first-order valence-corrected chi connectivity index (χ1v) is 14.8. The predicted octanol–water partition coefficient (Wildman–Crippen LogP) is 4.83. The molecule has 2 aromatic carbocycles. The fourth-order valence-corrected chi connectivity index (χ4v) is 5.67. The number of hydrogen-bond acceptors (Lipinski definition) is 2. The molecule has 0 amide bonds. The quantitative estimate of drug-likeness (QED) is 0.182. The molecule has 2 heterocycles. The van der Waals surface area contributed by atoms with Gasteiger partial charge in [-0.25, -0.2) is 0 Å². The van der Waals surface area contributed by atoms with E-state index in [0.717, 1.165) is 21.1 Å². The van der Waals surface area contributed by atoms with Crippen molar-refractivity contribution >= 4 is 35.7 Å². The van der Waals surface area contributed by atoms with Crippen LogP contribution >= 0.6 is 25.1 Å². The first-order valence-electron chi connectivity index (χ1n) is 10.1. The van der Waals surface area contributed by atoms with Crippen LogP contribution in [0.5, 0.6) is 0 Å². The van der Waals surface area contributed by atoms with Gasteiger partial charge in [0.25, 0.3) is 0 Å². The number of rotatable bonds is 6. The topological polar surface area (TPSA) is 54.0 Å². The van der Waals surface area contributed by atoms with Crippen molar-refractivity contribution in [2.24, 2.45) is 0 Å². The maximum absolute atomic E-state index is 4.00. The van der Waals surface area contributed by atoms with Gasteiger partial charge in [-0.05, 0) is 24.3 Å². The number of nitrogens with zero attached hydrogens (tertiary/aromatic N) is 4. The molecule has 4 aromatic rings. The van der Waals surface area contributed by atoms with Crippen molar-refractivity contribution in [3.63, 3.8) is 0 Å². The van der Waals surface area contributed by atoms with Crippen LogP contribution in [0.1, 0.15) is 12.8 Å². The van der Waals surface area contributed by atoms with Gasteiger partial charge in [0.1, 0.15) is 0 Å². The second kappa shape index (κ2) is 25.8. The molecule has 184 valence electrons. The molecule has 0 saturated carbocycles. The predicted molar refractivity (Wildman–Crippen MR) is 143 cm³/mol. The van der Waals surface area contributed by atoms with Gasteiger partial charge in [-0.3, -0.25) is 0 Å². The first-order chi connectivity index (χ1) is 15.3. The zero-order chi connectivity index (χ0) is 22.4. The molecule has 0 aliphatic heterocycles. The Morgan fingerprint density at radius 2 is 1.18 bits per heavy atom. The summed E-state index contributed by atoms with van der Waals surface area (Å²) in [6.07, 6.45) is 11.1. The monoisotopic (exact) mass is 595 g/mol. The molecule has 0 saturated heterocycles. The van der Waals surface area contributed by atoms with Crippen LogP contribution in [-0.4, -0.2) is 22.5 Å². The second-order valence-electron chi connectivity index (χ2n) is 6.06. The van der Waals surface area contributed by atoms with Gasteiger partial charge in [-0.15, -0.1) is 23.6 Å². The largest absolute Gasteiger partial charge is 2.00 e. The Kier molecular flexibility index (Phi) is 26.9. The Morgan fingerprint density at radius 1 is 0.727 bits per heavy atom.